The minimum atomic E-state index is -0.338. The van der Waals surface area contributed by atoms with Crippen LogP contribution in [0.15, 0.2) is 12.4 Å². The van der Waals surface area contributed by atoms with Gasteiger partial charge < -0.3 is 14.4 Å². The van der Waals surface area contributed by atoms with E-state index in [1.807, 2.05) is 12.4 Å². The average molecular weight is 305 g/mol. The number of imidazole rings is 1. The number of rotatable bonds is 4. The summed E-state index contributed by atoms with van der Waals surface area (Å²) in [6.07, 6.45) is 4.89. The summed E-state index contributed by atoms with van der Waals surface area (Å²) in [6.45, 7) is 6.03. The van der Waals surface area contributed by atoms with E-state index in [2.05, 4.69) is 21.4 Å². The van der Waals surface area contributed by atoms with Crippen molar-refractivity contribution in [3.05, 3.63) is 18.2 Å². The largest absolute Gasteiger partial charge is 0.335 e. The zero-order valence-electron chi connectivity index (χ0n) is 13.2. The number of carbonyl (C=O) groups is 2. The van der Waals surface area contributed by atoms with Crippen LogP contribution in [0.1, 0.15) is 19.2 Å². The molecular weight excluding hydrogens is 282 g/mol. The molecule has 0 aliphatic carbocycles. The third-order valence-corrected chi connectivity index (χ3v) is 4.45. The van der Waals surface area contributed by atoms with Crippen LogP contribution in [-0.4, -0.2) is 75.3 Å². The van der Waals surface area contributed by atoms with Crippen LogP contribution in [0.3, 0.4) is 0 Å². The maximum atomic E-state index is 12.3. The second-order valence-corrected chi connectivity index (χ2v) is 6.07. The summed E-state index contributed by atoms with van der Waals surface area (Å²) in [5, 5.41) is 0. The molecule has 1 aromatic heterocycles. The Labute approximate surface area is 130 Å². The van der Waals surface area contributed by atoms with E-state index in [1.165, 1.54) is 4.90 Å². The SMILES string of the molecule is CCCn1ccnc1CN1CCN2C(=O)CN(C)C(=O)C2C1. The van der Waals surface area contributed by atoms with Gasteiger partial charge in [0.2, 0.25) is 11.8 Å². The third kappa shape index (κ3) is 2.72. The summed E-state index contributed by atoms with van der Waals surface area (Å²) in [5.74, 6) is 1.12. The van der Waals surface area contributed by atoms with Gasteiger partial charge >= 0.3 is 0 Å². The summed E-state index contributed by atoms with van der Waals surface area (Å²) in [5.41, 5.74) is 0. The van der Waals surface area contributed by atoms with E-state index in [9.17, 15) is 9.59 Å². The van der Waals surface area contributed by atoms with Crippen molar-refractivity contribution in [1.29, 1.82) is 0 Å². The molecule has 0 N–H and O–H groups in total. The summed E-state index contributed by atoms with van der Waals surface area (Å²) in [6, 6.07) is -0.338. The second-order valence-electron chi connectivity index (χ2n) is 6.07. The van der Waals surface area contributed by atoms with E-state index < -0.39 is 0 Å². The Morgan fingerprint density at radius 1 is 1.32 bits per heavy atom. The van der Waals surface area contributed by atoms with Crippen molar-refractivity contribution in [2.24, 2.45) is 0 Å². The molecule has 7 heteroatoms. The molecule has 2 amide bonds. The number of likely N-dealkylation sites (N-methyl/N-ethyl adjacent to an activating group) is 1. The fraction of sp³-hybridized carbons (Fsp3) is 0.667. The van der Waals surface area contributed by atoms with Crippen LogP contribution in [-0.2, 0) is 22.7 Å². The van der Waals surface area contributed by atoms with Crippen molar-refractivity contribution in [2.45, 2.75) is 32.5 Å². The van der Waals surface area contributed by atoms with Gasteiger partial charge in [-0.3, -0.25) is 14.5 Å². The van der Waals surface area contributed by atoms with Crippen LogP contribution < -0.4 is 0 Å². The Hall–Kier alpha value is -1.89. The normalized spacial score (nSPS) is 23.1. The number of aryl methyl sites for hydroxylation is 1. The zero-order chi connectivity index (χ0) is 15.7. The lowest BCUT2D eigenvalue weighted by atomic mass is 10.1. The number of piperazine rings is 2. The molecule has 1 atom stereocenters. The van der Waals surface area contributed by atoms with Crippen molar-refractivity contribution in [3.63, 3.8) is 0 Å². The van der Waals surface area contributed by atoms with Gasteiger partial charge in [0.1, 0.15) is 11.9 Å². The summed E-state index contributed by atoms with van der Waals surface area (Å²) in [7, 11) is 1.70. The fourth-order valence-corrected chi connectivity index (χ4v) is 3.26. The molecule has 0 spiro atoms. The molecule has 0 saturated carbocycles. The fourth-order valence-electron chi connectivity index (χ4n) is 3.26. The highest BCUT2D eigenvalue weighted by Gasteiger charge is 2.41. The van der Waals surface area contributed by atoms with E-state index in [4.69, 9.17) is 0 Å². The first-order valence-corrected chi connectivity index (χ1v) is 7.87. The number of aromatic nitrogens is 2. The van der Waals surface area contributed by atoms with Gasteiger partial charge in [-0.1, -0.05) is 6.92 Å². The first-order chi connectivity index (χ1) is 10.6. The molecule has 0 radical (unpaired) electrons. The van der Waals surface area contributed by atoms with Gasteiger partial charge in [0.25, 0.3) is 0 Å². The topological polar surface area (TPSA) is 61.7 Å². The van der Waals surface area contributed by atoms with E-state index >= 15 is 0 Å². The molecule has 7 nitrogen and oxygen atoms in total. The molecule has 3 rings (SSSR count). The standard InChI is InChI=1S/C15H23N5O2/c1-3-5-19-6-4-16-13(19)10-18-7-8-20-12(9-18)15(22)17(2)11-14(20)21/h4,6,12H,3,5,7-11H2,1-2H3. The van der Waals surface area contributed by atoms with Crippen LogP contribution in [0, 0.1) is 0 Å². The number of nitrogens with zero attached hydrogens (tertiary/aromatic N) is 5. The van der Waals surface area contributed by atoms with Crippen LogP contribution in [0.5, 0.6) is 0 Å². The van der Waals surface area contributed by atoms with E-state index in [0.717, 1.165) is 31.9 Å². The molecule has 1 aromatic rings. The molecule has 3 heterocycles. The van der Waals surface area contributed by atoms with Crippen LogP contribution in [0.2, 0.25) is 0 Å². The molecule has 22 heavy (non-hydrogen) atoms. The minimum absolute atomic E-state index is 0.0428. The Balaban J connectivity index is 1.69. The van der Waals surface area contributed by atoms with Crippen LogP contribution >= 0.6 is 0 Å². The predicted octanol–water partition coefficient (Wildman–Crippen LogP) is -0.222. The lowest BCUT2D eigenvalue weighted by Gasteiger charge is -2.45. The van der Waals surface area contributed by atoms with Crippen molar-refractivity contribution in [3.8, 4) is 0 Å². The molecular formula is C15H23N5O2. The van der Waals surface area contributed by atoms with Crippen molar-refractivity contribution < 1.29 is 9.59 Å². The first kappa shape index (κ1) is 15.0. The van der Waals surface area contributed by atoms with Gasteiger partial charge in [0, 0.05) is 45.6 Å². The van der Waals surface area contributed by atoms with E-state index in [0.29, 0.717) is 13.1 Å². The Morgan fingerprint density at radius 3 is 2.91 bits per heavy atom. The molecule has 2 fully saturated rings. The van der Waals surface area contributed by atoms with Gasteiger partial charge in [-0.25, -0.2) is 4.98 Å². The number of fused-ring (bicyclic) bond motifs is 1. The van der Waals surface area contributed by atoms with Crippen molar-refractivity contribution in [2.75, 3.05) is 33.2 Å². The molecule has 120 valence electrons. The smallest absolute Gasteiger partial charge is 0.246 e. The zero-order valence-corrected chi connectivity index (χ0v) is 13.2. The summed E-state index contributed by atoms with van der Waals surface area (Å²) in [4.78, 5) is 34.3. The Bertz CT molecular complexity index is 570. The predicted molar refractivity (Wildman–Crippen MR) is 80.9 cm³/mol. The number of carbonyl (C=O) groups excluding carboxylic acids is 2. The van der Waals surface area contributed by atoms with Crippen molar-refractivity contribution in [1.82, 2.24) is 24.3 Å². The second kappa shape index (κ2) is 6.08. The first-order valence-electron chi connectivity index (χ1n) is 7.87. The van der Waals surface area contributed by atoms with Gasteiger partial charge in [0.15, 0.2) is 0 Å². The number of hydrogen-bond donors (Lipinski definition) is 0. The van der Waals surface area contributed by atoms with Gasteiger partial charge in [0.05, 0.1) is 13.1 Å². The molecule has 2 saturated heterocycles. The highest BCUT2D eigenvalue weighted by Crippen LogP contribution is 2.18. The summed E-state index contributed by atoms with van der Waals surface area (Å²) < 4.78 is 2.16. The minimum Gasteiger partial charge on any atom is -0.335 e. The van der Waals surface area contributed by atoms with Gasteiger partial charge in [-0.05, 0) is 6.42 Å². The maximum absolute atomic E-state index is 12.3. The Morgan fingerprint density at radius 2 is 2.14 bits per heavy atom. The number of amides is 2. The van der Waals surface area contributed by atoms with E-state index in [1.54, 1.807) is 11.9 Å². The molecule has 0 bridgehead atoms. The molecule has 1 unspecified atom stereocenters. The van der Waals surface area contributed by atoms with E-state index in [-0.39, 0.29) is 24.4 Å². The van der Waals surface area contributed by atoms with Gasteiger partial charge in [-0.2, -0.15) is 0 Å². The average Bonchev–Trinajstić information content (AvgIpc) is 2.92. The van der Waals surface area contributed by atoms with Gasteiger partial charge in [-0.15, -0.1) is 0 Å². The third-order valence-electron chi connectivity index (χ3n) is 4.45. The van der Waals surface area contributed by atoms with Crippen molar-refractivity contribution >= 4 is 11.8 Å². The van der Waals surface area contributed by atoms with Crippen LogP contribution in [0.25, 0.3) is 0 Å². The quantitative estimate of drug-likeness (QED) is 0.771. The maximum Gasteiger partial charge on any atom is 0.246 e. The summed E-state index contributed by atoms with van der Waals surface area (Å²) >= 11 is 0. The Kier molecular flexibility index (Phi) is 4.15. The highest BCUT2D eigenvalue weighted by molar-refractivity contribution is 5.95. The lowest BCUT2D eigenvalue weighted by Crippen LogP contribution is -2.66. The highest BCUT2D eigenvalue weighted by atomic mass is 16.2. The molecule has 2 aliphatic heterocycles. The molecule has 2 aliphatic rings. The lowest BCUT2D eigenvalue weighted by molar-refractivity contribution is -0.158. The molecule has 0 aromatic carbocycles. The monoisotopic (exact) mass is 305 g/mol. The van der Waals surface area contributed by atoms with Crippen LogP contribution in [0.4, 0.5) is 0 Å². The number of hydrogen-bond acceptors (Lipinski definition) is 4.